The lowest BCUT2D eigenvalue weighted by molar-refractivity contribution is -0.153. The summed E-state index contributed by atoms with van der Waals surface area (Å²) in [6.45, 7) is 9.05. The van der Waals surface area contributed by atoms with Crippen molar-refractivity contribution in [2.24, 2.45) is 0 Å². The summed E-state index contributed by atoms with van der Waals surface area (Å²) >= 11 is 0. The van der Waals surface area contributed by atoms with Crippen LogP contribution in [0.25, 0.3) is 22.5 Å². The standard InChI is InChI=1S/C20H24N4O4/c1-12(2)24-18-14(10-22-24)13(9-15(23-18)16-7-6-8-27-16)19(26)21-11-17(25)28-20(3,4)5/h6-10,12H,11H2,1-5H3,(H,21,26). The Morgan fingerprint density at radius 1 is 1.32 bits per heavy atom. The number of carbonyl (C=O) groups excluding carboxylic acids is 2. The molecule has 0 saturated heterocycles. The smallest absolute Gasteiger partial charge is 0.325 e. The van der Waals surface area contributed by atoms with Crippen molar-refractivity contribution in [1.82, 2.24) is 20.1 Å². The van der Waals surface area contributed by atoms with Crippen molar-refractivity contribution in [2.75, 3.05) is 6.54 Å². The number of furan rings is 1. The summed E-state index contributed by atoms with van der Waals surface area (Å²) < 4.78 is 12.4. The predicted octanol–water partition coefficient (Wildman–Crippen LogP) is 3.34. The van der Waals surface area contributed by atoms with E-state index in [2.05, 4.69) is 15.4 Å². The van der Waals surface area contributed by atoms with Gasteiger partial charge in [0.15, 0.2) is 11.4 Å². The van der Waals surface area contributed by atoms with Crippen molar-refractivity contribution in [2.45, 2.75) is 46.3 Å². The molecule has 3 aromatic rings. The van der Waals surface area contributed by atoms with E-state index in [1.54, 1.807) is 56.1 Å². The first-order valence-electron chi connectivity index (χ1n) is 9.08. The molecule has 0 aliphatic carbocycles. The molecule has 0 aliphatic heterocycles. The van der Waals surface area contributed by atoms with Crippen molar-refractivity contribution in [3.63, 3.8) is 0 Å². The molecule has 0 saturated carbocycles. The molecule has 1 amide bonds. The van der Waals surface area contributed by atoms with Gasteiger partial charge < -0.3 is 14.5 Å². The molecule has 0 aromatic carbocycles. The molecule has 28 heavy (non-hydrogen) atoms. The van der Waals surface area contributed by atoms with Gasteiger partial charge in [0.1, 0.15) is 17.8 Å². The molecular formula is C20H24N4O4. The molecule has 0 unspecified atom stereocenters. The van der Waals surface area contributed by atoms with E-state index in [1.807, 2.05) is 13.8 Å². The third-order valence-electron chi connectivity index (χ3n) is 3.89. The number of hydrogen-bond donors (Lipinski definition) is 1. The molecule has 148 valence electrons. The SMILES string of the molecule is CC(C)n1ncc2c(C(=O)NCC(=O)OC(C)(C)C)cc(-c3ccco3)nc21. The maximum absolute atomic E-state index is 12.8. The van der Waals surface area contributed by atoms with Crippen LogP contribution in [0.1, 0.15) is 51.0 Å². The van der Waals surface area contributed by atoms with Gasteiger partial charge in [0.05, 0.1) is 23.4 Å². The Labute approximate surface area is 162 Å². The molecule has 0 aliphatic rings. The molecule has 0 atom stereocenters. The van der Waals surface area contributed by atoms with Gasteiger partial charge in [-0.25, -0.2) is 9.67 Å². The van der Waals surface area contributed by atoms with E-state index in [9.17, 15) is 9.59 Å². The summed E-state index contributed by atoms with van der Waals surface area (Å²) in [5.74, 6) is -0.371. The average Bonchev–Trinajstić information content (AvgIpc) is 3.26. The normalized spacial score (nSPS) is 11.8. The first-order valence-corrected chi connectivity index (χ1v) is 9.08. The highest BCUT2D eigenvalue weighted by Gasteiger charge is 2.21. The van der Waals surface area contributed by atoms with Crippen LogP contribution in [0.3, 0.4) is 0 Å². The van der Waals surface area contributed by atoms with Gasteiger partial charge >= 0.3 is 5.97 Å². The lowest BCUT2D eigenvalue weighted by Gasteiger charge is -2.19. The number of nitrogens with zero attached hydrogens (tertiary/aromatic N) is 3. The van der Waals surface area contributed by atoms with Crippen LogP contribution in [0, 0.1) is 0 Å². The number of ether oxygens (including phenoxy) is 1. The topological polar surface area (TPSA) is 99.2 Å². The number of nitrogens with one attached hydrogen (secondary N) is 1. The number of rotatable bonds is 5. The lowest BCUT2D eigenvalue weighted by Crippen LogP contribution is -2.34. The zero-order chi connectivity index (χ0) is 20.5. The Bertz CT molecular complexity index is 997. The second-order valence-corrected chi connectivity index (χ2v) is 7.72. The van der Waals surface area contributed by atoms with Gasteiger partial charge in [0.25, 0.3) is 5.91 Å². The maximum Gasteiger partial charge on any atom is 0.325 e. The lowest BCUT2D eigenvalue weighted by atomic mass is 10.1. The van der Waals surface area contributed by atoms with E-state index in [4.69, 9.17) is 9.15 Å². The predicted molar refractivity (Wildman–Crippen MR) is 104 cm³/mol. The Kier molecular flexibility index (Phi) is 5.22. The van der Waals surface area contributed by atoms with Crippen molar-refractivity contribution in [1.29, 1.82) is 0 Å². The van der Waals surface area contributed by atoms with Gasteiger partial charge in [0, 0.05) is 6.04 Å². The van der Waals surface area contributed by atoms with E-state index in [-0.39, 0.29) is 12.6 Å². The van der Waals surface area contributed by atoms with Crippen LogP contribution in [0.4, 0.5) is 0 Å². The highest BCUT2D eigenvalue weighted by molar-refractivity contribution is 6.07. The van der Waals surface area contributed by atoms with Crippen molar-refractivity contribution >= 4 is 22.9 Å². The second kappa shape index (κ2) is 7.46. The fourth-order valence-electron chi connectivity index (χ4n) is 2.76. The number of pyridine rings is 1. The summed E-state index contributed by atoms with van der Waals surface area (Å²) in [6, 6.07) is 5.22. The summed E-state index contributed by atoms with van der Waals surface area (Å²) in [7, 11) is 0. The number of amides is 1. The number of carbonyl (C=O) groups is 2. The van der Waals surface area contributed by atoms with Crippen LogP contribution in [0.2, 0.25) is 0 Å². The van der Waals surface area contributed by atoms with Crippen molar-refractivity contribution in [3.05, 3.63) is 36.2 Å². The highest BCUT2D eigenvalue weighted by Crippen LogP contribution is 2.26. The van der Waals surface area contributed by atoms with Gasteiger partial charge in [-0.2, -0.15) is 5.10 Å². The third kappa shape index (κ3) is 4.21. The van der Waals surface area contributed by atoms with Crippen LogP contribution >= 0.6 is 0 Å². The zero-order valence-electron chi connectivity index (χ0n) is 16.6. The molecule has 3 aromatic heterocycles. The molecule has 3 heterocycles. The van der Waals surface area contributed by atoms with Gasteiger partial charge in [0.2, 0.25) is 0 Å². The first kappa shape index (κ1) is 19.6. The van der Waals surface area contributed by atoms with E-state index < -0.39 is 17.5 Å². The summed E-state index contributed by atoms with van der Waals surface area (Å²) in [5, 5.41) is 7.57. The fourth-order valence-corrected chi connectivity index (χ4v) is 2.76. The minimum absolute atomic E-state index is 0.0644. The van der Waals surface area contributed by atoms with Crippen LogP contribution in [-0.4, -0.2) is 38.8 Å². The molecule has 0 spiro atoms. The van der Waals surface area contributed by atoms with Crippen LogP contribution in [0.5, 0.6) is 0 Å². The van der Waals surface area contributed by atoms with E-state index in [0.29, 0.717) is 28.1 Å². The van der Waals surface area contributed by atoms with E-state index in [1.165, 1.54) is 0 Å². The minimum Gasteiger partial charge on any atom is -0.463 e. The molecule has 0 fully saturated rings. The second-order valence-electron chi connectivity index (χ2n) is 7.72. The molecule has 8 nitrogen and oxygen atoms in total. The largest absolute Gasteiger partial charge is 0.463 e. The number of hydrogen-bond acceptors (Lipinski definition) is 6. The molecular weight excluding hydrogens is 360 g/mol. The monoisotopic (exact) mass is 384 g/mol. The minimum atomic E-state index is -0.614. The zero-order valence-corrected chi connectivity index (χ0v) is 16.6. The van der Waals surface area contributed by atoms with Crippen molar-refractivity contribution < 1.29 is 18.7 Å². The van der Waals surface area contributed by atoms with Gasteiger partial charge in [-0.05, 0) is 52.8 Å². The molecule has 3 rings (SSSR count). The summed E-state index contributed by atoms with van der Waals surface area (Å²) in [4.78, 5) is 29.4. The Balaban J connectivity index is 1.95. The number of fused-ring (bicyclic) bond motifs is 1. The molecule has 8 heteroatoms. The van der Waals surface area contributed by atoms with Gasteiger partial charge in [-0.15, -0.1) is 0 Å². The fraction of sp³-hybridized carbons (Fsp3) is 0.400. The summed E-state index contributed by atoms with van der Waals surface area (Å²) in [6.07, 6.45) is 3.15. The van der Waals surface area contributed by atoms with E-state index in [0.717, 1.165) is 0 Å². The van der Waals surface area contributed by atoms with Crippen molar-refractivity contribution in [3.8, 4) is 11.5 Å². The van der Waals surface area contributed by atoms with Gasteiger partial charge in [-0.1, -0.05) is 0 Å². The van der Waals surface area contributed by atoms with Gasteiger partial charge in [-0.3, -0.25) is 9.59 Å². The molecule has 0 radical (unpaired) electrons. The molecule has 1 N–H and O–H groups in total. The average molecular weight is 384 g/mol. The highest BCUT2D eigenvalue weighted by atomic mass is 16.6. The first-order chi connectivity index (χ1) is 13.2. The van der Waals surface area contributed by atoms with Crippen LogP contribution in [-0.2, 0) is 9.53 Å². The quantitative estimate of drug-likeness (QED) is 0.677. The van der Waals surface area contributed by atoms with Crippen LogP contribution < -0.4 is 5.32 Å². The Morgan fingerprint density at radius 3 is 2.68 bits per heavy atom. The Hall–Kier alpha value is -3.16. The maximum atomic E-state index is 12.8. The Morgan fingerprint density at radius 2 is 2.07 bits per heavy atom. The third-order valence-corrected chi connectivity index (χ3v) is 3.89. The van der Waals surface area contributed by atoms with E-state index >= 15 is 0 Å². The number of esters is 1. The molecule has 0 bridgehead atoms. The number of aromatic nitrogens is 3. The van der Waals surface area contributed by atoms with Crippen LogP contribution in [0.15, 0.2) is 35.1 Å². The summed E-state index contributed by atoms with van der Waals surface area (Å²) in [5.41, 5.74) is 0.844.